The van der Waals surface area contributed by atoms with Crippen LogP contribution in [0.1, 0.15) is 26.7 Å². The van der Waals surface area contributed by atoms with E-state index in [0.29, 0.717) is 25.5 Å². The van der Waals surface area contributed by atoms with Crippen molar-refractivity contribution >= 4 is 12.0 Å². The Morgan fingerprint density at radius 2 is 2.38 bits per heavy atom. The lowest BCUT2D eigenvalue weighted by molar-refractivity contribution is -0.132. The molecule has 2 amide bonds. The molecule has 4 heteroatoms. The number of imide groups is 1. The molecule has 1 rings (SSSR count). The Hall–Kier alpha value is -1.06. The van der Waals surface area contributed by atoms with Gasteiger partial charge in [0.05, 0.1) is 6.61 Å². The van der Waals surface area contributed by atoms with Gasteiger partial charge in [-0.05, 0) is 19.3 Å². The van der Waals surface area contributed by atoms with Gasteiger partial charge in [-0.2, -0.15) is 0 Å². The van der Waals surface area contributed by atoms with Gasteiger partial charge in [-0.25, -0.2) is 9.69 Å². The highest BCUT2D eigenvalue weighted by Gasteiger charge is 2.28. The lowest BCUT2D eigenvalue weighted by Gasteiger charge is -2.28. The Morgan fingerprint density at radius 3 is 3.00 bits per heavy atom. The van der Waals surface area contributed by atoms with Crippen LogP contribution in [0.4, 0.5) is 4.79 Å². The number of likely N-dealkylation sites (tertiary alicyclic amines) is 1. The summed E-state index contributed by atoms with van der Waals surface area (Å²) in [5.41, 5.74) is 0. The summed E-state index contributed by atoms with van der Waals surface area (Å²) in [6.07, 6.45) is 0.827. The first kappa shape index (κ1) is 10.0. The highest BCUT2D eigenvalue weighted by Crippen LogP contribution is 2.17. The van der Waals surface area contributed by atoms with Crippen LogP contribution in [-0.2, 0) is 9.53 Å². The molecule has 4 nitrogen and oxygen atoms in total. The minimum atomic E-state index is -0.501. The summed E-state index contributed by atoms with van der Waals surface area (Å²) >= 11 is 0. The van der Waals surface area contributed by atoms with Gasteiger partial charge in [0.25, 0.3) is 0 Å². The minimum Gasteiger partial charge on any atom is -0.449 e. The van der Waals surface area contributed by atoms with Crippen molar-refractivity contribution in [1.82, 2.24) is 4.90 Å². The second-order valence-corrected chi connectivity index (χ2v) is 3.35. The summed E-state index contributed by atoms with van der Waals surface area (Å²) < 4.78 is 4.77. The molecule has 0 aromatic heterocycles. The van der Waals surface area contributed by atoms with Crippen molar-refractivity contribution in [2.24, 2.45) is 5.92 Å². The van der Waals surface area contributed by atoms with Crippen LogP contribution in [0, 0.1) is 5.92 Å². The number of amides is 2. The Balaban J connectivity index is 2.55. The van der Waals surface area contributed by atoms with E-state index in [1.807, 2.05) is 6.92 Å². The zero-order valence-corrected chi connectivity index (χ0v) is 8.08. The number of hydrogen-bond donors (Lipinski definition) is 0. The van der Waals surface area contributed by atoms with Crippen molar-refractivity contribution in [3.63, 3.8) is 0 Å². The van der Waals surface area contributed by atoms with Gasteiger partial charge in [0.2, 0.25) is 5.91 Å². The van der Waals surface area contributed by atoms with Gasteiger partial charge in [-0.3, -0.25) is 4.79 Å². The molecule has 0 spiro atoms. The second kappa shape index (κ2) is 4.25. The third-order valence-electron chi connectivity index (χ3n) is 2.13. The molecule has 1 saturated heterocycles. The van der Waals surface area contributed by atoms with E-state index in [9.17, 15) is 9.59 Å². The van der Waals surface area contributed by atoms with Crippen molar-refractivity contribution in [3.05, 3.63) is 0 Å². The number of piperidine rings is 1. The smallest absolute Gasteiger partial charge is 0.416 e. The molecule has 1 aliphatic heterocycles. The second-order valence-electron chi connectivity index (χ2n) is 3.35. The zero-order valence-electron chi connectivity index (χ0n) is 8.08. The molecule has 1 atom stereocenters. The van der Waals surface area contributed by atoms with E-state index in [1.165, 1.54) is 4.90 Å². The van der Waals surface area contributed by atoms with Gasteiger partial charge in [0.15, 0.2) is 0 Å². The van der Waals surface area contributed by atoms with Crippen LogP contribution in [-0.4, -0.2) is 30.1 Å². The first-order chi connectivity index (χ1) is 6.15. The fourth-order valence-corrected chi connectivity index (χ4v) is 1.39. The summed E-state index contributed by atoms with van der Waals surface area (Å²) in [5, 5.41) is 0. The molecule has 0 radical (unpaired) electrons. The molecular weight excluding hydrogens is 170 g/mol. The first-order valence-electron chi connectivity index (χ1n) is 4.62. The van der Waals surface area contributed by atoms with Crippen molar-refractivity contribution in [2.45, 2.75) is 26.7 Å². The normalized spacial score (nSPS) is 23.1. The Kier molecular flexibility index (Phi) is 3.28. The number of hydrogen-bond acceptors (Lipinski definition) is 3. The third-order valence-corrected chi connectivity index (χ3v) is 2.13. The summed E-state index contributed by atoms with van der Waals surface area (Å²) in [6.45, 7) is 4.57. The van der Waals surface area contributed by atoms with E-state index < -0.39 is 6.09 Å². The molecule has 0 bridgehead atoms. The fraction of sp³-hybridized carbons (Fsp3) is 0.778. The highest BCUT2D eigenvalue weighted by atomic mass is 16.6. The van der Waals surface area contributed by atoms with Crippen LogP contribution in [0.3, 0.4) is 0 Å². The van der Waals surface area contributed by atoms with Crippen LogP contribution in [0.15, 0.2) is 0 Å². The van der Waals surface area contributed by atoms with Crippen molar-refractivity contribution < 1.29 is 14.3 Å². The molecule has 1 unspecified atom stereocenters. The Bertz CT molecular complexity index is 215. The average Bonchev–Trinajstić information content (AvgIpc) is 2.09. The number of ether oxygens (including phenoxy) is 1. The van der Waals surface area contributed by atoms with Crippen LogP contribution in [0.2, 0.25) is 0 Å². The van der Waals surface area contributed by atoms with E-state index >= 15 is 0 Å². The van der Waals surface area contributed by atoms with E-state index in [4.69, 9.17) is 4.74 Å². The van der Waals surface area contributed by atoms with Gasteiger partial charge in [-0.1, -0.05) is 6.92 Å². The van der Waals surface area contributed by atoms with Gasteiger partial charge in [0.1, 0.15) is 0 Å². The standard InChI is InChI=1S/C9H15NO3/c1-3-13-9(12)10-6-7(2)4-5-8(10)11/h7H,3-6H2,1-2H3. The fourth-order valence-electron chi connectivity index (χ4n) is 1.39. The zero-order chi connectivity index (χ0) is 9.84. The molecule has 0 saturated carbocycles. The molecule has 13 heavy (non-hydrogen) atoms. The van der Waals surface area contributed by atoms with E-state index in [2.05, 4.69) is 0 Å². The predicted molar refractivity (Wildman–Crippen MR) is 47.1 cm³/mol. The highest BCUT2D eigenvalue weighted by molar-refractivity contribution is 5.92. The third kappa shape index (κ3) is 2.44. The summed E-state index contributed by atoms with van der Waals surface area (Å²) in [4.78, 5) is 23.7. The topological polar surface area (TPSA) is 46.6 Å². The molecule has 1 aliphatic rings. The molecule has 0 N–H and O–H groups in total. The molecule has 74 valence electrons. The Morgan fingerprint density at radius 1 is 1.69 bits per heavy atom. The number of carbonyl (C=O) groups is 2. The van der Waals surface area contributed by atoms with Crippen molar-refractivity contribution in [2.75, 3.05) is 13.2 Å². The SMILES string of the molecule is CCOC(=O)N1CC(C)CCC1=O. The first-order valence-corrected chi connectivity index (χ1v) is 4.62. The Labute approximate surface area is 77.8 Å². The molecule has 0 aromatic rings. The molecule has 1 heterocycles. The lowest BCUT2D eigenvalue weighted by Crippen LogP contribution is -2.43. The van der Waals surface area contributed by atoms with Crippen LogP contribution in [0.5, 0.6) is 0 Å². The van der Waals surface area contributed by atoms with Crippen molar-refractivity contribution in [3.8, 4) is 0 Å². The summed E-state index contributed by atoms with van der Waals surface area (Å²) in [7, 11) is 0. The van der Waals surface area contributed by atoms with Crippen molar-refractivity contribution in [1.29, 1.82) is 0 Å². The maximum Gasteiger partial charge on any atom is 0.416 e. The monoisotopic (exact) mass is 185 g/mol. The molecule has 1 fully saturated rings. The molecule has 0 aromatic carbocycles. The van der Waals surface area contributed by atoms with Crippen LogP contribution >= 0.6 is 0 Å². The number of carbonyl (C=O) groups excluding carboxylic acids is 2. The van der Waals surface area contributed by atoms with Gasteiger partial charge in [-0.15, -0.1) is 0 Å². The number of nitrogens with zero attached hydrogens (tertiary/aromatic N) is 1. The summed E-state index contributed by atoms with van der Waals surface area (Å²) in [5.74, 6) is 0.277. The van der Waals surface area contributed by atoms with Gasteiger partial charge >= 0.3 is 6.09 Å². The predicted octanol–water partition coefficient (Wildman–Crippen LogP) is 1.40. The average molecular weight is 185 g/mol. The maximum atomic E-state index is 11.3. The number of rotatable bonds is 1. The van der Waals surface area contributed by atoms with Crippen LogP contribution < -0.4 is 0 Å². The van der Waals surface area contributed by atoms with Gasteiger partial charge in [0, 0.05) is 13.0 Å². The van der Waals surface area contributed by atoms with E-state index in [-0.39, 0.29) is 5.91 Å². The minimum absolute atomic E-state index is 0.114. The molecule has 0 aliphatic carbocycles. The quantitative estimate of drug-likeness (QED) is 0.620. The van der Waals surface area contributed by atoms with Gasteiger partial charge < -0.3 is 4.74 Å². The van der Waals surface area contributed by atoms with E-state index in [1.54, 1.807) is 6.92 Å². The maximum absolute atomic E-state index is 11.3. The van der Waals surface area contributed by atoms with E-state index in [0.717, 1.165) is 6.42 Å². The molecular formula is C9H15NO3. The van der Waals surface area contributed by atoms with Crippen LogP contribution in [0.25, 0.3) is 0 Å². The summed E-state index contributed by atoms with van der Waals surface area (Å²) in [6, 6.07) is 0. The largest absolute Gasteiger partial charge is 0.449 e. The lowest BCUT2D eigenvalue weighted by atomic mass is 10.0.